The Bertz CT molecular complexity index is 760. The Balaban J connectivity index is 1.62. The van der Waals surface area contributed by atoms with E-state index in [2.05, 4.69) is 11.4 Å². The number of nitrogens with zero attached hydrogens (tertiary/aromatic N) is 1. The van der Waals surface area contributed by atoms with Crippen molar-refractivity contribution < 1.29 is 14.5 Å². The lowest BCUT2D eigenvalue weighted by Gasteiger charge is -2.26. The van der Waals surface area contributed by atoms with Crippen LogP contribution in [0.15, 0.2) is 48.5 Å². The normalized spacial score (nSPS) is 16.1. The topological polar surface area (TPSA) is 81.5 Å². The van der Waals surface area contributed by atoms with E-state index in [1.807, 2.05) is 18.2 Å². The van der Waals surface area contributed by atoms with Gasteiger partial charge in [-0.3, -0.25) is 14.9 Å². The van der Waals surface area contributed by atoms with E-state index in [1.54, 1.807) is 12.1 Å². The number of nitro groups is 1. The number of ether oxygens (including phenoxy) is 1. The van der Waals surface area contributed by atoms with Gasteiger partial charge in [0.2, 0.25) is 0 Å². The minimum absolute atomic E-state index is 0.0307. The van der Waals surface area contributed by atoms with Gasteiger partial charge in [0, 0.05) is 6.07 Å². The molecule has 0 fully saturated rings. The predicted octanol–water partition coefficient (Wildman–Crippen LogP) is 3.17. The molecular weight excluding hydrogens is 308 g/mol. The van der Waals surface area contributed by atoms with Gasteiger partial charge in [0.25, 0.3) is 5.91 Å². The Morgan fingerprint density at radius 1 is 1.21 bits per heavy atom. The number of nitro benzene ring substituents is 1. The zero-order valence-electron chi connectivity index (χ0n) is 13.1. The van der Waals surface area contributed by atoms with Gasteiger partial charge in [-0.25, -0.2) is 0 Å². The summed E-state index contributed by atoms with van der Waals surface area (Å²) in [5.41, 5.74) is 2.25. The van der Waals surface area contributed by atoms with Gasteiger partial charge in [0.05, 0.1) is 11.0 Å². The van der Waals surface area contributed by atoms with E-state index in [1.165, 1.54) is 17.7 Å². The quantitative estimate of drug-likeness (QED) is 0.676. The van der Waals surface area contributed by atoms with Crippen molar-refractivity contribution in [1.29, 1.82) is 0 Å². The minimum atomic E-state index is -0.523. The van der Waals surface area contributed by atoms with E-state index in [0.29, 0.717) is 0 Å². The van der Waals surface area contributed by atoms with Crippen LogP contribution in [0.5, 0.6) is 5.75 Å². The molecule has 6 heteroatoms. The molecule has 1 aliphatic carbocycles. The van der Waals surface area contributed by atoms with Gasteiger partial charge in [0.15, 0.2) is 12.4 Å². The number of carbonyl (C=O) groups is 1. The molecule has 1 aliphatic rings. The largest absolute Gasteiger partial charge is 0.477 e. The molecule has 2 aromatic carbocycles. The Morgan fingerprint density at radius 3 is 2.79 bits per heavy atom. The van der Waals surface area contributed by atoms with Gasteiger partial charge in [0.1, 0.15) is 0 Å². The van der Waals surface area contributed by atoms with Crippen molar-refractivity contribution in [2.75, 3.05) is 6.61 Å². The summed E-state index contributed by atoms with van der Waals surface area (Å²) < 4.78 is 5.34. The molecule has 3 rings (SSSR count). The van der Waals surface area contributed by atoms with Crippen LogP contribution in [0.1, 0.15) is 30.0 Å². The van der Waals surface area contributed by atoms with Gasteiger partial charge >= 0.3 is 5.69 Å². The van der Waals surface area contributed by atoms with E-state index in [-0.39, 0.29) is 30.0 Å². The summed E-state index contributed by atoms with van der Waals surface area (Å²) >= 11 is 0. The van der Waals surface area contributed by atoms with E-state index in [9.17, 15) is 14.9 Å². The number of hydrogen-bond acceptors (Lipinski definition) is 4. The molecule has 124 valence electrons. The SMILES string of the molecule is O=C(COc1ccccc1[N+](=O)[O-])NC1CCCc2ccccc21. The molecule has 0 heterocycles. The maximum absolute atomic E-state index is 12.2. The van der Waals surface area contributed by atoms with Crippen molar-refractivity contribution in [3.8, 4) is 5.75 Å². The molecule has 1 amide bonds. The highest BCUT2D eigenvalue weighted by Crippen LogP contribution is 2.29. The van der Waals surface area contributed by atoms with Crippen molar-refractivity contribution in [2.24, 2.45) is 0 Å². The second-order valence-corrected chi connectivity index (χ2v) is 5.72. The van der Waals surface area contributed by atoms with Gasteiger partial charge in [-0.15, -0.1) is 0 Å². The molecule has 0 radical (unpaired) electrons. The van der Waals surface area contributed by atoms with Crippen molar-refractivity contribution >= 4 is 11.6 Å². The number of benzene rings is 2. The number of hydrogen-bond donors (Lipinski definition) is 1. The van der Waals surface area contributed by atoms with E-state index in [4.69, 9.17) is 4.74 Å². The minimum Gasteiger partial charge on any atom is -0.477 e. The number of fused-ring (bicyclic) bond motifs is 1. The Labute approximate surface area is 139 Å². The van der Waals surface area contributed by atoms with Gasteiger partial charge in [-0.05, 0) is 36.5 Å². The summed E-state index contributed by atoms with van der Waals surface area (Å²) in [7, 11) is 0. The van der Waals surface area contributed by atoms with Crippen molar-refractivity contribution in [3.63, 3.8) is 0 Å². The maximum atomic E-state index is 12.2. The van der Waals surface area contributed by atoms with Crippen LogP contribution in [0.4, 0.5) is 5.69 Å². The fourth-order valence-corrected chi connectivity index (χ4v) is 3.01. The van der Waals surface area contributed by atoms with Crippen LogP contribution in [-0.4, -0.2) is 17.4 Å². The Kier molecular flexibility index (Phi) is 4.74. The molecular formula is C18H18N2O4. The summed E-state index contributed by atoms with van der Waals surface area (Å²) in [6.07, 6.45) is 2.93. The highest BCUT2D eigenvalue weighted by atomic mass is 16.6. The molecule has 1 N–H and O–H groups in total. The Hall–Kier alpha value is -2.89. The van der Waals surface area contributed by atoms with Crippen LogP contribution in [0, 0.1) is 10.1 Å². The van der Waals surface area contributed by atoms with Crippen molar-refractivity contribution in [3.05, 3.63) is 69.8 Å². The second kappa shape index (κ2) is 7.12. The first-order valence-electron chi connectivity index (χ1n) is 7.88. The number of carbonyl (C=O) groups excluding carboxylic acids is 1. The predicted molar refractivity (Wildman–Crippen MR) is 88.9 cm³/mol. The van der Waals surface area contributed by atoms with Gasteiger partial charge in [-0.1, -0.05) is 36.4 Å². The molecule has 0 saturated carbocycles. The third-order valence-corrected chi connectivity index (χ3v) is 4.13. The molecule has 1 unspecified atom stereocenters. The van der Waals surface area contributed by atoms with E-state index in [0.717, 1.165) is 24.8 Å². The molecule has 0 aromatic heterocycles. The van der Waals surface area contributed by atoms with Crippen LogP contribution < -0.4 is 10.1 Å². The first kappa shape index (κ1) is 16.0. The number of aryl methyl sites for hydroxylation is 1. The second-order valence-electron chi connectivity index (χ2n) is 5.72. The summed E-state index contributed by atoms with van der Waals surface area (Å²) in [5, 5.41) is 13.9. The molecule has 1 atom stereocenters. The molecule has 24 heavy (non-hydrogen) atoms. The maximum Gasteiger partial charge on any atom is 0.310 e. The monoisotopic (exact) mass is 326 g/mol. The third-order valence-electron chi connectivity index (χ3n) is 4.13. The lowest BCUT2D eigenvalue weighted by Crippen LogP contribution is -2.34. The summed E-state index contributed by atoms with van der Waals surface area (Å²) in [6, 6.07) is 14.1. The van der Waals surface area contributed by atoms with Gasteiger partial charge in [-0.2, -0.15) is 0 Å². The van der Waals surface area contributed by atoms with Gasteiger partial charge < -0.3 is 10.1 Å². The highest BCUT2D eigenvalue weighted by Gasteiger charge is 2.22. The smallest absolute Gasteiger partial charge is 0.310 e. The average Bonchev–Trinajstić information content (AvgIpc) is 2.60. The van der Waals surface area contributed by atoms with Crippen molar-refractivity contribution in [1.82, 2.24) is 5.32 Å². The van der Waals surface area contributed by atoms with Crippen LogP contribution in [0.25, 0.3) is 0 Å². The van der Waals surface area contributed by atoms with Crippen LogP contribution in [-0.2, 0) is 11.2 Å². The Morgan fingerprint density at radius 2 is 1.96 bits per heavy atom. The fraction of sp³-hybridized carbons (Fsp3) is 0.278. The zero-order valence-corrected chi connectivity index (χ0v) is 13.1. The molecule has 6 nitrogen and oxygen atoms in total. The molecule has 0 spiro atoms. The highest BCUT2D eigenvalue weighted by molar-refractivity contribution is 5.78. The summed E-state index contributed by atoms with van der Waals surface area (Å²) in [4.78, 5) is 22.6. The lowest BCUT2D eigenvalue weighted by atomic mass is 9.88. The summed E-state index contributed by atoms with van der Waals surface area (Å²) in [6.45, 7) is -0.247. The average molecular weight is 326 g/mol. The summed E-state index contributed by atoms with van der Waals surface area (Å²) in [5.74, 6) is -0.184. The number of rotatable bonds is 5. The van der Waals surface area contributed by atoms with Crippen molar-refractivity contribution in [2.45, 2.75) is 25.3 Å². The third kappa shape index (κ3) is 3.53. The first-order chi connectivity index (χ1) is 11.6. The first-order valence-corrected chi connectivity index (χ1v) is 7.88. The molecule has 2 aromatic rings. The van der Waals surface area contributed by atoms with Crippen LogP contribution in [0.2, 0.25) is 0 Å². The molecule has 0 aliphatic heterocycles. The van der Waals surface area contributed by atoms with E-state index >= 15 is 0 Å². The number of para-hydroxylation sites is 2. The molecule has 0 bridgehead atoms. The fourth-order valence-electron chi connectivity index (χ4n) is 3.01. The number of nitrogens with one attached hydrogen (secondary N) is 1. The molecule has 0 saturated heterocycles. The van der Waals surface area contributed by atoms with E-state index < -0.39 is 4.92 Å². The zero-order chi connectivity index (χ0) is 16.9. The van der Waals surface area contributed by atoms with Crippen LogP contribution >= 0.6 is 0 Å². The lowest BCUT2D eigenvalue weighted by molar-refractivity contribution is -0.385. The standard InChI is InChI=1S/C18H18N2O4/c21-18(12-24-17-11-4-3-10-16(17)20(22)23)19-15-9-5-7-13-6-1-2-8-14(13)15/h1-4,6,8,10-11,15H,5,7,9,12H2,(H,19,21). The number of amides is 1. The van der Waals surface area contributed by atoms with Crippen LogP contribution in [0.3, 0.4) is 0 Å².